The van der Waals surface area contributed by atoms with Gasteiger partial charge in [-0.05, 0) is 86.1 Å². The van der Waals surface area contributed by atoms with E-state index in [2.05, 4.69) is 26.6 Å². The van der Waals surface area contributed by atoms with E-state index >= 15 is 0 Å². The second kappa shape index (κ2) is 11.1. The van der Waals surface area contributed by atoms with Crippen LogP contribution in [0, 0.1) is 17.1 Å². The molecule has 0 saturated carbocycles. The van der Waals surface area contributed by atoms with E-state index < -0.39 is 0 Å². The Labute approximate surface area is 212 Å². The van der Waals surface area contributed by atoms with Gasteiger partial charge in [-0.1, -0.05) is 24.3 Å². The van der Waals surface area contributed by atoms with Crippen molar-refractivity contribution in [2.24, 2.45) is 0 Å². The van der Waals surface area contributed by atoms with Gasteiger partial charge in [0, 0.05) is 44.5 Å². The van der Waals surface area contributed by atoms with Gasteiger partial charge in [0.25, 0.3) is 5.91 Å². The van der Waals surface area contributed by atoms with Gasteiger partial charge in [-0.3, -0.25) is 9.69 Å². The molecule has 2 saturated heterocycles. The Kier molecular flexibility index (Phi) is 7.48. The van der Waals surface area contributed by atoms with Gasteiger partial charge >= 0.3 is 0 Å². The fourth-order valence-electron chi connectivity index (χ4n) is 5.71. The van der Waals surface area contributed by atoms with Crippen molar-refractivity contribution < 1.29 is 9.18 Å². The third kappa shape index (κ3) is 5.52. The van der Waals surface area contributed by atoms with Crippen molar-refractivity contribution in [3.8, 4) is 6.07 Å². The van der Waals surface area contributed by atoms with Crippen molar-refractivity contribution in [3.05, 3.63) is 95.1 Å². The lowest BCUT2D eigenvalue weighted by molar-refractivity contribution is 0.0596. The van der Waals surface area contributed by atoms with E-state index in [0.717, 1.165) is 76.0 Å². The maximum atomic E-state index is 13.7. The smallest absolute Gasteiger partial charge is 0.270 e. The second-order valence-corrected chi connectivity index (χ2v) is 10.1. The van der Waals surface area contributed by atoms with Crippen LogP contribution in [0.25, 0.3) is 0 Å². The normalized spacial score (nSPS) is 19.2. The van der Waals surface area contributed by atoms with Crippen LogP contribution in [0.5, 0.6) is 0 Å². The predicted octanol–water partition coefficient (Wildman–Crippen LogP) is 5.57. The highest BCUT2D eigenvalue weighted by atomic mass is 19.1. The molecule has 6 heteroatoms. The fraction of sp³-hybridized carbons (Fsp3) is 0.400. The molecule has 2 aromatic carbocycles. The zero-order valence-electron chi connectivity index (χ0n) is 20.7. The number of rotatable bonds is 6. The number of likely N-dealkylation sites (tertiary alicyclic amines) is 2. The highest BCUT2D eigenvalue weighted by molar-refractivity contribution is 5.93. The van der Waals surface area contributed by atoms with Gasteiger partial charge in [0.2, 0.25) is 0 Å². The monoisotopic (exact) mass is 484 g/mol. The molecule has 1 amide bonds. The summed E-state index contributed by atoms with van der Waals surface area (Å²) >= 11 is 0. The van der Waals surface area contributed by atoms with E-state index in [1.807, 2.05) is 48.5 Å². The molecule has 186 valence electrons. The van der Waals surface area contributed by atoms with Crippen LogP contribution in [-0.2, 0) is 13.0 Å². The third-order valence-corrected chi connectivity index (χ3v) is 7.71. The molecule has 0 aliphatic carbocycles. The van der Waals surface area contributed by atoms with Crippen LogP contribution in [-0.4, -0.2) is 46.0 Å². The van der Waals surface area contributed by atoms with E-state index in [9.17, 15) is 9.18 Å². The molecule has 3 aromatic rings. The number of benzene rings is 2. The number of nitriles is 1. The molecule has 0 bridgehead atoms. The SMILES string of the molecule is N#Cc1ccc(CN2CCC(n3cccc3C(=O)N3CCCCC3Cc3ccc(F)cc3)CC2)cc1. The number of nitrogens with zero attached hydrogens (tertiary/aromatic N) is 4. The van der Waals surface area contributed by atoms with E-state index in [0.29, 0.717) is 11.6 Å². The number of aromatic nitrogens is 1. The quantitative estimate of drug-likeness (QED) is 0.459. The average molecular weight is 485 g/mol. The van der Waals surface area contributed by atoms with Crippen LogP contribution < -0.4 is 0 Å². The maximum absolute atomic E-state index is 13.7. The van der Waals surface area contributed by atoms with Crippen LogP contribution in [0.1, 0.15) is 65.3 Å². The Bertz CT molecular complexity index is 1200. The number of halogens is 1. The molecular weight excluding hydrogens is 451 g/mol. The van der Waals surface area contributed by atoms with Crippen LogP contribution in [0.4, 0.5) is 4.39 Å². The van der Waals surface area contributed by atoms with E-state index in [4.69, 9.17) is 5.26 Å². The summed E-state index contributed by atoms with van der Waals surface area (Å²) in [6, 6.07) is 21.1. The zero-order chi connectivity index (χ0) is 24.9. The van der Waals surface area contributed by atoms with Crippen LogP contribution in [0.2, 0.25) is 0 Å². The molecule has 0 N–H and O–H groups in total. The van der Waals surface area contributed by atoms with Crippen LogP contribution in [0.3, 0.4) is 0 Å². The first-order chi connectivity index (χ1) is 17.6. The summed E-state index contributed by atoms with van der Waals surface area (Å²) in [5.41, 5.74) is 3.77. The molecule has 1 unspecified atom stereocenters. The Morgan fingerprint density at radius 2 is 1.64 bits per heavy atom. The van der Waals surface area contributed by atoms with Crippen LogP contribution >= 0.6 is 0 Å². The largest absolute Gasteiger partial charge is 0.340 e. The maximum Gasteiger partial charge on any atom is 0.270 e. The van der Waals surface area contributed by atoms with E-state index in [1.165, 1.54) is 17.7 Å². The first-order valence-corrected chi connectivity index (χ1v) is 13.0. The van der Waals surface area contributed by atoms with Crippen molar-refractivity contribution in [3.63, 3.8) is 0 Å². The molecule has 3 heterocycles. The molecule has 36 heavy (non-hydrogen) atoms. The number of hydrogen-bond acceptors (Lipinski definition) is 3. The summed E-state index contributed by atoms with van der Waals surface area (Å²) in [4.78, 5) is 18.3. The molecule has 2 aliphatic rings. The molecule has 1 aromatic heterocycles. The first-order valence-electron chi connectivity index (χ1n) is 13.0. The Morgan fingerprint density at radius 1 is 0.917 bits per heavy atom. The van der Waals surface area contributed by atoms with Crippen molar-refractivity contribution in [2.75, 3.05) is 19.6 Å². The number of piperidine rings is 2. The highest BCUT2D eigenvalue weighted by Crippen LogP contribution is 2.28. The van der Waals surface area contributed by atoms with Crippen molar-refractivity contribution >= 4 is 5.91 Å². The second-order valence-electron chi connectivity index (χ2n) is 10.1. The predicted molar refractivity (Wildman–Crippen MR) is 138 cm³/mol. The summed E-state index contributed by atoms with van der Waals surface area (Å²) < 4.78 is 15.6. The third-order valence-electron chi connectivity index (χ3n) is 7.71. The lowest BCUT2D eigenvalue weighted by Crippen LogP contribution is -2.45. The van der Waals surface area contributed by atoms with Gasteiger partial charge in [-0.2, -0.15) is 5.26 Å². The van der Waals surface area contributed by atoms with Gasteiger partial charge in [0.05, 0.1) is 11.6 Å². The fourth-order valence-corrected chi connectivity index (χ4v) is 5.71. The average Bonchev–Trinajstić information content (AvgIpc) is 3.41. The number of hydrogen-bond donors (Lipinski definition) is 0. The Balaban J connectivity index is 1.22. The summed E-state index contributed by atoms with van der Waals surface area (Å²) in [6.07, 6.45) is 7.97. The van der Waals surface area contributed by atoms with Gasteiger partial charge in [-0.15, -0.1) is 0 Å². The summed E-state index contributed by atoms with van der Waals surface area (Å²) in [5.74, 6) is -0.108. The lowest BCUT2D eigenvalue weighted by atomic mass is 9.95. The minimum atomic E-state index is -0.226. The number of carbonyl (C=O) groups excluding carboxylic acids is 1. The van der Waals surface area contributed by atoms with E-state index in [1.54, 1.807) is 0 Å². The Morgan fingerprint density at radius 3 is 2.36 bits per heavy atom. The molecule has 1 atom stereocenters. The lowest BCUT2D eigenvalue weighted by Gasteiger charge is -2.37. The van der Waals surface area contributed by atoms with Gasteiger partial charge in [0.1, 0.15) is 11.5 Å². The molecule has 0 radical (unpaired) electrons. The summed E-state index contributed by atoms with van der Waals surface area (Å²) in [5, 5.41) is 9.00. The van der Waals surface area contributed by atoms with Gasteiger partial charge in [-0.25, -0.2) is 4.39 Å². The first kappa shape index (κ1) is 24.3. The molecular formula is C30H33FN4O. The van der Waals surface area contributed by atoms with Crippen molar-refractivity contribution in [1.82, 2.24) is 14.4 Å². The van der Waals surface area contributed by atoms with Crippen molar-refractivity contribution in [1.29, 1.82) is 5.26 Å². The highest BCUT2D eigenvalue weighted by Gasteiger charge is 2.31. The molecule has 2 aliphatic heterocycles. The number of carbonyl (C=O) groups is 1. The Hall–Kier alpha value is -3.43. The van der Waals surface area contributed by atoms with Gasteiger partial charge in [0.15, 0.2) is 0 Å². The minimum Gasteiger partial charge on any atom is -0.340 e. The van der Waals surface area contributed by atoms with E-state index in [-0.39, 0.29) is 17.8 Å². The minimum absolute atomic E-state index is 0.117. The molecule has 2 fully saturated rings. The van der Waals surface area contributed by atoms with Crippen LogP contribution in [0.15, 0.2) is 66.9 Å². The van der Waals surface area contributed by atoms with Gasteiger partial charge < -0.3 is 9.47 Å². The summed E-state index contributed by atoms with van der Waals surface area (Å²) in [7, 11) is 0. The molecule has 5 nitrogen and oxygen atoms in total. The zero-order valence-corrected chi connectivity index (χ0v) is 20.7. The molecule has 5 rings (SSSR count). The van der Waals surface area contributed by atoms with Crippen molar-refractivity contribution in [2.45, 2.75) is 57.2 Å². The summed E-state index contributed by atoms with van der Waals surface area (Å²) in [6.45, 7) is 3.62. The standard InChI is InChI=1S/C30H33FN4O/c31-26-12-10-23(11-13-26)20-28-4-1-2-16-35(28)30(36)29-5-3-17-34(29)27-14-18-33(19-15-27)22-25-8-6-24(21-32)7-9-25/h3,5-13,17,27-28H,1-2,4,14-16,18-20,22H2. The molecule has 0 spiro atoms. The topological polar surface area (TPSA) is 52.3 Å². The number of amides is 1.